The molecule has 7 heteroatoms. The second kappa shape index (κ2) is 9.56. The number of carbonyl (C=O) groups is 2. The van der Waals surface area contributed by atoms with Crippen molar-refractivity contribution < 1.29 is 14.3 Å². The highest BCUT2D eigenvalue weighted by atomic mass is 16.5. The number of aromatic nitrogens is 1. The van der Waals surface area contributed by atoms with E-state index in [0.717, 1.165) is 34.0 Å². The van der Waals surface area contributed by atoms with E-state index in [4.69, 9.17) is 4.74 Å². The van der Waals surface area contributed by atoms with Crippen molar-refractivity contribution in [2.75, 3.05) is 7.11 Å². The van der Waals surface area contributed by atoms with Gasteiger partial charge in [0.1, 0.15) is 5.75 Å². The van der Waals surface area contributed by atoms with Crippen LogP contribution in [0.1, 0.15) is 22.5 Å². The molecule has 0 saturated heterocycles. The minimum absolute atomic E-state index is 0.234. The molecule has 0 aliphatic carbocycles. The average Bonchev–Trinajstić information content (AvgIpc) is 3.05. The summed E-state index contributed by atoms with van der Waals surface area (Å²) in [6.45, 7) is 4.21. The molecule has 2 amide bonds. The van der Waals surface area contributed by atoms with Crippen LogP contribution in [0.15, 0.2) is 65.8 Å². The fourth-order valence-electron chi connectivity index (χ4n) is 3.11. The van der Waals surface area contributed by atoms with E-state index in [9.17, 15) is 9.59 Å². The molecule has 2 N–H and O–H groups in total. The smallest absolute Gasteiger partial charge is 0.329 e. The summed E-state index contributed by atoms with van der Waals surface area (Å²) in [7, 11) is 1.58. The van der Waals surface area contributed by atoms with Crippen molar-refractivity contribution in [1.29, 1.82) is 0 Å². The molecule has 0 bridgehead atoms. The first-order valence-electron chi connectivity index (χ1n) is 9.48. The van der Waals surface area contributed by atoms with Crippen molar-refractivity contribution in [2.45, 2.75) is 20.4 Å². The zero-order chi connectivity index (χ0) is 21.5. The minimum atomic E-state index is -0.823. The molecule has 1 heterocycles. The maximum atomic E-state index is 12.0. The second-order valence-electron chi connectivity index (χ2n) is 6.73. The maximum Gasteiger partial charge on any atom is 0.329 e. The molecule has 0 aliphatic heterocycles. The molecule has 0 spiro atoms. The van der Waals surface area contributed by atoms with Crippen LogP contribution in [0.4, 0.5) is 0 Å². The van der Waals surface area contributed by atoms with Crippen molar-refractivity contribution in [3.63, 3.8) is 0 Å². The quantitative estimate of drug-likeness (QED) is 0.376. The summed E-state index contributed by atoms with van der Waals surface area (Å²) in [4.78, 5) is 23.9. The lowest BCUT2D eigenvalue weighted by atomic mass is 10.2. The molecule has 7 nitrogen and oxygen atoms in total. The van der Waals surface area contributed by atoms with Gasteiger partial charge in [-0.3, -0.25) is 9.59 Å². The van der Waals surface area contributed by atoms with Gasteiger partial charge in [-0.1, -0.05) is 30.3 Å². The Balaban J connectivity index is 1.57. The number of ether oxygens (including phenoxy) is 1. The Morgan fingerprint density at radius 3 is 2.40 bits per heavy atom. The summed E-state index contributed by atoms with van der Waals surface area (Å²) in [6, 6.07) is 19.2. The zero-order valence-electron chi connectivity index (χ0n) is 17.2. The van der Waals surface area contributed by atoms with Crippen LogP contribution in [-0.4, -0.2) is 29.7 Å². The van der Waals surface area contributed by atoms with Crippen molar-refractivity contribution in [1.82, 2.24) is 15.3 Å². The largest absolute Gasteiger partial charge is 0.497 e. The topological polar surface area (TPSA) is 84.7 Å². The zero-order valence-corrected chi connectivity index (χ0v) is 17.2. The van der Waals surface area contributed by atoms with Gasteiger partial charge in [0.15, 0.2) is 0 Å². The van der Waals surface area contributed by atoms with Crippen LogP contribution in [0, 0.1) is 13.8 Å². The molecule has 0 fully saturated rings. The predicted octanol–water partition coefficient (Wildman–Crippen LogP) is 2.87. The van der Waals surface area contributed by atoms with Gasteiger partial charge in [0, 0.05) is 29.2 Å². The van der Waals surface area contributed by atoms with Crippen LogP contribution in [0.25, 0.3) is 5.69 Å². The summed E-state index contributed by atoms with van der Waals surface area (Å²) >= 11 is 0. The lowest BCUT2D eigenvalue weighted by Crippen LogP contribution is -2.37. The highest BCUT2D eigenvalue weighted by Crippen LogP contribution is 2.19. The first-order chi connectivity index (χ1) is 14.5. The van der Waals surface area contributed by atoms with Gasteiger partial charge in [-0.05, 0) is 49.7 Å². The Bertz CT molecular complexity index is 1050. The summed E-state index contributed by atoms with van der Waals surface area (Å²) in [5.74, 6) is -0.849. The minimum Gasteiger partial charge on any atom is -0.497 e. The summed E-state index contributed by atoms with van der Waals surface area (Å²) in [5.41, 5.74) is 7.06. The van der Waals surface area contributed by atoms with Crippen LogP contribution in [-0.2, 0) is 16.1 Å². The maximum absolute atomic E-state index is 12.0. The monoisotopic (exact) mass is 404 g/mol. The Labute approximate surface area is 175 Å². The van der Waals surface area contributed by atoms with Crippen molar-refractivity contribution in [3.05, 3.63) is 83.2 Å². The normalized spacial score (nSPS) is 10.8. The molecule has 3 aromatic rings. The second-order valence-corrected chi connectivity index (χ2v) is 6.73. The van der Waals surface area contributed by atoms with Gasteiger partial charge in [-0.15, -0.1) is 0 Å². The molecule has 3 rings (SSSR count). The SMILES string of the molecule is COc1ccc(CNC(=O)C(=O)NN=Cc2cc(C)n(-c3ccccc3)c2C)cc1. The van der Waals surface area contributed by atoms with Gasteiger partial charge in [0.2, 0.25) is 0 Å². The molecule has 2 aromatic carbocycles. The number of hydrogen-bond donors (Lipinski definition) is 2. The number of hydrazone groups is 1. The fraction of sp³-hybridized carbons (Fsp3) is 0.174. The van der Waals surface area contributed by atoms with E-state index in [0.29, 0.717) is 0 Å². The predicted molar refractivity (Wildman–Crippen MR) is 116 cm³/mol. The number of methoxy groups -OCH3 is 1. The average molecular weight is 404 g/mol. The Kier molecular flexibility index (Phi) is 6.64. The Hall–Kier alpha value is -3.87. The first kappa shape index (κ1) is 20.9. The number of carbonyl (C=O) groups excluding carboxylic acids is 2. The lowest BCUT2D eigenvalue weighted by Gasteiger charge is -2.09. The van der Waals surface area contributed by atoms with Crippen LogP contribution in [0.3, 0.4) is 0 Å². The molecule has 0 unspecified atom stereocenters. The lowest BCUT2D eigenvalue weighted by molar-refractivity contribution is -0.139. The van der Waals surface area contributed by atoms with Gasteiger partial charge < -0.3 is 14.6 Å². The number of amides is 2. The number of nitrogens with one attached hydrogen (secondary N) is 2. The number of rotatable bonds is 6. The third kappa shape index (κ3) is 4.94. The molecule has 0 saturated carbocycles. The van der Waals surface area contributed by atoms with Crippen LogP contribution in [0.5, 0.6) is 5.75 Å². The van der Waals surface area contributed by atoms with Gasteiger partial charge in [0.05, 0.1) is 13.3 Å². The van der Waals surface area contributed by atoms with E-state index in [1.54, 1.807) is 19.2 Å². The summed E-state index contributed by atoms with van der Waals surface area (Å²) in [6.07, 6.45) is 1.54. The van der Waals surface area contributed by atoms with Crippen molar-refractivity contribution in [3.8, 4) is 11.4 Å². The number of aryl methyl sites for hydroxylation is 1. The van der Waals surface area contributed by atoms with E-state index in [1.165, 1.54) is 6.21 Å². The molecule has 1 aromatic heterocycles. The van der Waals surface area contributed by atoms with Crippen molar-refractivity contribution >= 4 is 18.0 Å². The van der Waals surface area contributed by atoms with Gasteiger partial charge >= 0.3 is 11.8 Å². The van der Waals surface area contributed by atoms with Gasteiger partial charge in [-0.2, -0.15) is 5.10 Å². The number of hydrogen-bond acceptors (Lipinski definition) is 4. The van der Waals surface area contributed by atoms with Crippen LogP contribution in [0.2, 0.25) is 0 Å². The van der Waals surface area contributed by atoms with Gasteiger partial charge in [0.25, 0.3) is 0 Å². The fourth-order valence-corrected chi connectivity index (χ4v) is 3.11. The Morgan fingerprint density at radius 2 is 1.73 bits per heavy atom. The third-order valence-electron chi connectivity index (χ3n) is 4.67. The molecule has 0 radical (unpaired) electrons. The van der Waals surface area contributed by atoms with E-state index < -0.39 is 11.8 Å². The molecule has 154 valence electrons. The van der Waals surface area contributed by atoms with E-state index in [1.807, 2.05) is 62.4 Å². The number of benzene rings is 2. The van der Waals surface area contributed by atoms with Crippen LogP contribution < -0.4 is 15.5 Å². The molecular weight excluding hydrogens is 380 g/mol. The van der Waals surface area contributed by atoms with Crippen LogP contribution >= 0.6 is 0 Å². The summed E-state index contributed by atoms with van der Waals surface area (Å²) < 4.78 is 7.19. The Morgan fingerprint density at radius 1 is 1.03 bits per heavy atom. The van der Waals surface area contributed by atoms with Crippen molar-refractivity contribution in [2.24, 2.45) is 5.10 Å². The van der Waals surface area contributed by atoms with E-state index in [2.05, 4.69) is 20.4 Å². The molecular formula is C23H24N4O3. The molecule has 0 atom stereocenters. The highest BCUT2D eigenvalue weighted by Gasteiger charge is 2.13. The number of nitrogens with zero attached hydrogens (tertiary/aromatic N) is 2. The third-order valence-corrected chi connectivity index (χ3v) is 4.67. The molecule has 0 aliphatic rings. The first-order valence-corrected chi connectivity index (χ1v) is 9.48. The number of para-hydroxylation sites is 1. The highest BCUT2D eigenvalue weighted by molar-refractivity contribution is 6.35. The van der Waals surface area contributed by atoms with E-state index >= 15 is 0 Å². The molecule has 30 heavy (non-hydrogen) atoms. The van der Waals surface area contributed by atoms with E-state index in [-0.39, 0.29) is 6.54 Å². The summed E-state index contributed by atoms with van der Waals surface area (Å²) in [5, 5.41) is 6.50. The van der Waals surface area contributed by atoms with Gasteiger partial charge in [-0.25, -0.2) is 5.43 Å². The standard InChI is InChI=1S/C23H24N4O3/c1-16-13-19(17(2)27(16)20-7-5-4-6-8-20)15-25-26-23(29)22(28)24-14-18-9-11-21(30-3)12-10-18/h4-13,15H,14H2,1-3H3,(H,24,28)(H,26,29).